The van der Waals surface area contributed by atoms with Gasteiger partial charge in [-0.15, -0.1) is 0 Å². The zero-order valence-corrected chi connectivity index (χ0v) is 8.51. The van der Waals surface area contributed by atoms with E-state index >= 15 is 0 Å². The number of fused-ring (bicyclic) bond motifs is 1. The van der Waals surface area contributed by atoms with Crippen LogP contribution in [0.5, 0.6) is 0 Å². The molecule has 1 aliphatic heterocycles. The van der Waals surface area contributed by atoms with Gasteiger partial charge in [0.15, 0.2) is 0 Å². The highest BCUT2D eigenvalue weighted by Gasteiger charge is 2.36. The summed E-state index contributed by atoms with van der Waals surface area (Å²) in [5.74, 6) is -2.86. The number of aliphatic carboxylic acids is 1. The largest absolute Gasteiger partial charge is 0.480 e. The van der Waals surface area contributed by atoms with E-state index in [0.29, 0.717) is 0 Å². The van der Waals surface area contributed by atoms with Crippen molar-refractivity contribution in [1.29, 1.82) is 5.26 Å². The first kappa shape index (κ1) is 10.8. The van der Waals surface area contributed by atoms with Crippen LogP contribution in [0.3, 0.4) is 0 Å². The Balaban J connectivity index is 2.52. The van der Waals surface area contributed by atoms with Gasteiger partial charge in [-0.05, 0) is 18.2 Å². The van der Waals surface area contributed by atoms with E-state index in [1.807, 2.05) is 6.07 Å². The Morgan fingerprint density at radius 3 is 2.71 bits per heavy atom. The van der Waals surface area contributed by atoms with Gasteiger partial charge in [0.2, 0.25) is 0 Å². The average Bonchev–Trinajstić information content (AvgIpc) is 2.54. The second-order valence-corrected chi connectivity index (χ2v) is 3.46. The Labute approximate surface area is 95.7 Å². The Morgan fingerprint density at radius 1 is 1.41 bits per heavy atom. The van der Waals surface area contributed by atoms with Crippen molar-refractivity contribution in [2.24, 2.45) is 0 Å². The molecule has 1 aliphatic rings. The minimum absolute atomic E-state index is 0.0790. The standard InChI is InChI=1S/C11H6N2O4/c12-4-6-1-2-8-7(3-6)10(16)11(17)13(8)5-9(14)15/h1-3H,5H2,(H,14,15). The molecule has 1 aromatic carbocycles. The highest BCUT2D eigenvalue weighted by atomic mass is 16.4. The number of carboxylic acid groups (broad SMARTS) is 1. The van der Waals surface area contributed by atoms with Crippen molar-refractivity contribution in [1.82, 2.24) is 0 Å². The van der Waals surface area contributed by atoms with Crippen LogP contribution >= 0.6 is 0 Å². The second-order valence-electron chi connectivity index (χ2n) is 3.46. The molecule has 0 fully saturated rings. The number of carbonyl (C=O) groups excluding carboxylic acids is 2. The molecular weight excluding hydrogens is 224 g/mol. The van der Waals surface area contributed by atoms with Gasteiger partial charge < -0.3 is 5.11 Å². The molecule has 17 heavy (non-hydrogen) atoms. The van der Waals surface area contributed by atoms with Crippen molar-refractivity contribution in [3.63, 3.8) is 0 Å². The molecule has 1 N–H and O–H groups in total. The van der Waals surface area contributed by atoms with Crippen LogP contribution in [0.1, 0.15) is 15.9 Å². The number of ketones is 1. The lowest BCUT2D eigenvalue weighted by Crippen LogP contribution is -2.34. The fourth-order valence-electron chi connectivity index (χ4n) is 1.66. The van der Waals surface area contributed by atoms with Crippen LogP contribution in [0, 0.1) is 11.3 Å². The first-order valence-corrected chi connectivity index (χ1v) is 4.66. The van der Waals surface area contributed by atoms with E-state index in [9.17, 15) is 14.4 Å². The maximum Gasteiger partial charge on any atom is 0.323 e. The normalized spacial score (nSPS) is 13.5. The van der Waals surface area contributed by atoms with Crippen LogP contribution in [-0.2, 0) is 9.59 Å². The van der Waals surface area contributed by atoms with Crippen molar-refractivity contribution in [2.45, 2.75) is 0 Å². The molecule has 0 spiro atoms. The van der Waals surface area contributed by atoms with Crippen LogP contribution in [-0.4, -0.2) is 29.3 Å². The van der Waals surface area contributed by atoms with Gasteiger partial charge in [-0.25, -0.2) is 0 Å². The summed E-state index contributed by atoms with van der Waals surface area (Å²) in [5.41, 5.74) is 0.568. The molecule has 0 saturated carbocycles. The van der Waals surface area contributed by atoms with Crippen LogP contribution in [0.2, 0.25) is 0 Å². The number of amides is 1. The summed E-state index contributed by atoms with van der Waals surface area (Å²) in [6, 6.07) is 5.97. The zero-order chi connectivity index (χ0) is 12.6. The number of anilines is 1. The van der Waals surface area contributed by atoms with Gasteiger partial charge in [0.05, 0.1) is 22.9 Å². The number of Topliss-reactive ketones (excluding diaryl/α,β-unsaturated/α-hetero) is 1. The molecule has 1 heterocycles. The van der Waals surface area contributed by atoms with E-state index in [2.05, 4.69) is 0 Å². The summed E-state index contributed by atoms with van der Waals surface area (Å²) in [6.07, 6.45) is 0. The van der Waals surface area contributed by atoms with E-state index in [0.717, 1.165) is 4.90 Å². The van der Waals surface area contributed by atoms with Crippen molar-refractivity contribution in [2.75, 3.05) is 11.4 Å². The molecule has 2 rings (SSSR count). The van der Waals surface area contributed by atoms with E-state index in [1.54, 1.807) is 0 Å². The van der Waals surface area contributed by atoms with Gasteiger partial charge in [-0.1, -0.05) is 0 Å². The molecule has 1 aromatic rings. The van der Waals surface area contributed by atoms with Gasteiger partial charge in [0.1, 0.15) is 6.54 Å². The fraction of sp³-hybridized carbons (Fsp3) is 0.0909. The van der Waals surface area contributed by atoms with E-state index in [1.165, 1.54) is 18.2 Å². The van der Waals surface area contributed by atoms with Gasteiger partial charge in [-0.3, -0.25) is 19.3 Å². The molecule has 0 atom stereocenters. The third kappa shape index (κ3) is 1.63. The molecule has 0 aromatic heterocycles. The molecule has 0 aliphatic carbocycles. The maximum absolute atomic E-state index is 11.6. The molecule has 0 bridgehead atoms. The highest BCUT2D eigenvalue weighted by molar-refractivity contribution is 6.52. The van der Waals surface area contributed by atoms with Gasteiger partial charge >= 0.3 is 5.97 Å². The smallest absolute Gasteiger partial charge is 0.323 e. The molecule has 6 heteroatoms. The number of hydrogen-bond donors (Lipinski definition) is 1. The minimum Gasteiger partial charge on any atom is -0.480 e. The van der Waals surface area contributed by atoms with Gasteiger partial charge in [0, 0.05) is 0 Å². The third-order valence-corrected chi connectivity index (χ3v) is 2.39. The minimum atomic E-state index is -1.21. The predicted molar refractivity (Wildman–Crippen MR) is 55.5 cm³/mol. The summed E-state index contributed by atoms with van der Waals surface area (Å²) < 4.78 is 0. The van der Waals surface area contributed by atoms with Crippen LogP contribution in [0.25, 0.3) is 0 Å². The summed E-state index contributed by atoms with van der Waals surface area (Å²) in [7, 11) is 0. The highest BCUT2D eigenvalue weighted by Crippen LogP contribution is 2.29. The number of nitrogens with zero attached hydrogens (tertiary/aromatic N) is 2. The summed E-state index contributed by atoms with van der Waals surface area (Å²) in [6.45, 7) is -0.566. The number of carboxylic acids is 1. The number of benzene rings is 1. The Bertz CT molecular complexity index is 586. The first-order chi connectivity index (χ1) is 8.04. The Morgan fingerprint density at radius 2 is 2.12 bits per heavy atom. The van der Waals surface area contributed by atoms with E-state index in [4.69, 9.17) is 10.4 Å². The molecule has 0 unspecified atom stereocenters. The number of nitriles is 1. The zero-order valence-electron chi connectivity index (χ0n) is 8.51. The van der Waals surface area contributed by atoms with Crippen molar-refractivity contribution in [3.8, 4) is 6.07 Å². The average molecular weight is 230 g/mol. The summed E-state index contributed by atoms with van der Waals surface area (Å²) in [5, 5.41) is 17.3. The topological polar surface area (TPSA) is 98.5 Å². The molecule has 1 amide bonds. The summed E-state index contributed by atoms with van der Waals surface area (Å²) in [4.78, 5) is 34.6. The van der Waals surface area contributed by atoms with Crippen molar-refractivity contribution in [3.05, 3.63) is 29.3 Å². The number of hydrogen-bond acceptors (Lipinski definition) is 4. The van der Waals surface area contributed by atoms with Crippen molar-refractivity contribution >= 4 is 23.3 Å². The third-order valence-electron chi connectivity index (χ3n) is 2.39. The summed E-state index contributed by atoms with van der Waals surface area (Å²) >= 11 is 0. The molecule has 0 radical (unpaired) electrons. The van der Waals surface area contributed by atoms with Crippen LogP contribution in [0.15, 0.2) is 18.2 Å². The van der Waals surface area contributed by atoms with Gasteiger partial charge in [-0.2, -0.15) is 5.26 Å². The van der Waals surface area contributed by atoms with Crippen LogP contribution in [0.4, 0.5) is 5.69 Å². The SMILES string of the molecule is N#Cc1ccc2c(c1)C(=O)C(=O)N2CC(=O)O. The molecular formula is C11H6N2O4. The second kappa shape index (κ2) is 3.72. The molecule has 6 nitrogen and oxygen atoms in total. The fourth-order valence-corrected chi connectivity index (χ4v) is 1.66. The Kier molecular flexibility index (Phi) is 2.37. The van der Waals surface area contributed by atoms with Crippen LogP contribution < -0.4 is 4.90 Å². The first-order valence-electron chi connectivity index (χ1n) is 4.66. The Hall–Kier alpha value is -2.68. The monoisotopic (exact) mass is 230 g/mol. The van der Waals surface area contributed by atoms with E-state index < -0.39 is 24.2 Å². The molecule has 84 valence electrons. The lowest BCUT2D eigenvalue weighted by atomic mass is 10.1. The van der Waals surface area contributed by atoms with Crippen molar-refractivity contribution < 1.29 is 19.5 Å². The van der Waals surface area contributed by atoms with E-state index in [-0.39, 0.29) is 16.8 Å². The lowest BCUT2D eigenvalue weighted by Gasteiger charge is -2.12. The quantitative estimate of drug-likeness (QED) is 0.730. The maximum atomic E-state index is 11.6. The van der Waals surface area contributed by atoms with Gasteiger partial charge in [0.25, 0.3) is 11.7 Å². The molecule has 0 saturated heterocycles. The number of carbonyl (C=O) groups is 3. The number of rotatable bonds is 2. The predicted octanol–water partition coefficient (Wildman–Crippen LogP) is 0.172. The lowest BCUT2D eigenvalue weighted by molar-refractivity contribution is -0.136.